The second kappa shape index (κ2) is 12.2. The smallest absolute Gasteiger partial charge is 0.410 e. The summed E-state index contributed by atoms with van der Waals surface area (Å²) in [5, 5.41) is 5.03. The van der Waals surface area contributed by atoms with Crippen molar-refractivity contribution >= 4 is 40.1 Å². The molecule has 11 nitrogen and oxygen atoms in total. The van der Waals surface area contributed by atoms with E-state index in [1.165, 1.54) is 22.3 Å². The predicted molar refractivity (Wildman–Crippen MR) is 187 cm³/mol. The number of fused-ring (bicyclic) bond motifs is 2. The number of nitrogens with zero attached hydrogens (tertiary/aromatic N) is 6. The lowest BCUT2D eigenvalue weighted by Crippen LogP contribution is -2.62. The largest absolute Gasteiger partial charge is 0.444 e. The number of halogens is 1. The molecule has 50 heavy (non-hydrogen) atoms. The molecule has 0 aliphatic carbocycles. The van der Waals surface area contributed by atoms with Crippen LogP contribution in [0.15, 0.2) is 54.3 Å². The predicted octanol–water partition coefficient (Wildman–Crippen LogP) is 6.27. The van der Waals surface area contributed by atoms with Crippen LogP contribution in [0.1, 0.15) is 73.4 Å². The van der Waals surface area contributed by atoms with Crippen molar-refractivity contribution < 1.29 is 23.5 Å². The number of aryl methyl sites for hydroxylation is 1. The zero-order valence-electron chi connectivity index (χ0n) is 28.4. The van der Waals surface area contributed by atoms with Crippen molar-refractivity contribution in [3.63, 3.8) is 0 Å². The fraction of sp³-hybridized carbons (Fsp3) is 0.432. The molecule has 3 amide bonds. The highest BCUT2D eigenvalue weighted by Gasteiger charge is 2.48. The van der Waals surface area contributed by atoms with Crippen LogP contribution in [0.2, 0.25) is 0 Å². The van der Waals surface area contributed by atoms with Crippen LogP contribution in [0.4, 0.5) is 20.0 Å². The number of hydrogen-bond donors (Lipinski definition) is 1. The van der Waals surface area contributed by atoms with E-state index in [1.54, 1.807) is 28.9 Å². The van der Waals surface area contributed by atoms with Crippen molar-refractivity contribution in [3.8, 4) is 11.1 Å². The molecule has 1 N–H and O–H groups in total. The van der Waals surface area contributed by atoms with Gasteiger partial charge in [0.05, 0.1) is 18.6 Å². The Morgan fingerprint density at radius 2 is 1.80 bits per heavy atom. The Bertz CT molecular complexity index is 1950. The maximum Gasteiger partial charge on any atom is 0.410 e. The standard InChI is InChI=1S/C37H40FN7O4S/c1-36(2,3)49-35(48)44-20-37(21-44)10-14-42(15-11-37)25-8-6-23(7-9-25)24-17-26-27(28(38)18-24)19-45(33(26)47)31(32(46)41-34-39-12-16-50-34)30-29-5-4-13-43(29)22-40-30/h6-9,12,16-18,22,31H,4-5,10-11,13-15,19-21H2,1-3H3,(H,39,41,46). The summed E-state index contributed by atoms with van der Waals surface area (Å²) in [6, 6.07) is 10.2. The Balaban J connectivity index is 0.969. The van der Waals surface area contributed by atoms with Crippen LogP contribution in [0.3, 0.4) is 0 Å². The van der Waals surface area contributed by atoms with E-state index >= 15 is 4.39 Å². The van der Waals surface area contributed by atoms with E-state index in [9.17, 15) is 14.4 Å². The molecule has 1 atom stereocenters. The molecular weight excluding hydrogens is 658 g/mol. The van der Waals surface area contributed by atoms with Crippen molar-refractivity contribution in [1.82, 2.24) is 24.3 Å². The van der Waals surface area contributed by atoms with E-state index in [4.69, 9.17) is 4.74 Å². The van der Waals surface area contributed by atoms with E-state index in [0.717, 1.165) is 75.4 Å². The van der Waals surface area contributed by atoms with Gasteiger partial charge < -0.3 is 24.0 Å². The maximum absolute atomic E-state index is 15.8. The number of likely N-dealkylation sites (tertiary alicyclic amines) is 1. The molecule has 13 heteroatoms. The minimum absolute atomic E-state index is 0.0343. The highest BCUT2D eigenvalue weighted by molar-refractivity contribution is 7.13. The fourth-order valence-electron chi connectivity index (χ4n) is 7.80. The topological polar surface area (TPSA) is 113 Å². The first-order valence-electron chi connectivity index (χ1n) is 17.2. The average Bonchev–Trinajstić information content (AvgIpc) is 3.87. The van der Waals surface area contributed by atoms with E-state index in [0.29, 0.717) is 16.4 Å². The van der Waals surface area contributed by atoms with Crippen LogP contribution in [-0.4, -0.2) is 74.0 Å². The van der Waals surface area contributed by atoms with Gasteiger partial charge in [-0.2, -0.15) is 0 Å². The molecule has 4 aliphatic rings. The van der Waals surface area contributed by atoms with Gasteiger partial charge in [0, 0.05) is 72.2 Å². The van der Waals surface area contributed by atoms with Crippen LogP contribution in [0.5, 0.6) is 0 Å². The van der Waals surface area contributed by atoms with Crippen molar-refractivity contribution in [2.75, 3.05) is 36.4 Å². The minimum atomic E-state index is -1.03. The number of rotatable bonds is 6. The summed E-state index contributed by atoms with van der Waals surface area (Å²) in [7, 11) is 0. The first-order valence-corrected chi connectivity index (χ1v) is 18.1. The Labute approximate surface area is 294 Å². The van der Waals surface area contributed by atoms with Gasteiger partial charge >= 0.3 is 6.09 Å². The Morgan fingerprint density at radius 1 is 1.04 bits per heavy atom. The summed E-state index contributed by atoms with van der Waals surface area (Å²) in [6.07, 6.45) is 6.75. The summed E-state index contributed by atoms with van der Waals surface area (Å²) in [4.78, 5) is 54.6. The molecule has 2 saturated heterocycles. The SMILES string of the molecule is CC(C)(C)OC(=O)N1CC2(CCN(c3ccc(-c4cc(F)c5c(c4)C(=O)N(C(C(=O)Nc4nccs4)c4ncn6c4CCC6)C5)cc3)CC2)C1. The molecule has 0 radical (unpaired) electrons. The van der Waals surface area contributed by atoms with Gasteiger partial charge in [-0.05, 0) is 81.8 Å². The van der Waals surface area contributed by atoms with Gasteiger partial charge in [0.1, 0.15) is 11.4 Å². The van der Waals surface area contributed by atoms with Crippen molar-refractivity contribution in [2.24, 2.45) is 5.41 Å². The molecule has 0 bridgehead atoms. The molecule has 2 aromatic heterocycles. The zero-order chi connectivity index (χ0) is 34.8. The minimum Gasteiger partial charge on any atom is -0.444 e. The first-order chi connectivity index (χ1) is 24.0. The first kappa shape index (κ1) is 32.4. The number of anilines is 2. The van der Waals surface area contributed by atoms with Gasteiger partial charge in [-0.25, -0.2) is 19.2 Å². The lowest BCUT2D eigenvalue weighted by atomic mass is 9.72. The number of thiazole rings is 1. The Hall–Kier alpha value is -4.78. The van der Waals surface area contributed by atoms with E-state index < -0.39 is 29.3 Å². The fourth-order valence-corrected chi connectivity index (χ4v) is 8.34. The summed E-state index contributed by atoms with van der Waals surface area (Å²) in [5.41, 5.74) is 4.11. The summed E-state index contributed by atoms with van der Waals surface area (Å²) in [6.45, 7) is 9.66. The number of imidazole rings is 1. The molecule has 260 valence electrons. The molecule has 6 heterocycles. The number of benzene rings is 2. The van der Waals surface area contributed by atoms with E-state index in [2.05, 4.69) is 20.2 Å². The van der Waals surface area contributed by atoms with Crippen molar-refractivity contribution in [3.05, 3.63) is 82.6 Å². The monoisotopic (exact) mass is 697 g/mol. The number of piperidine rings is 1. The number of ether oxygens (including phenoxy) is 1. The average molecular weight is 698 g/mol. The molecule has 0 saturated carbocycles. The molecule has 2 fully saturated rings. The lowest BCUT2D eigenvalue weighted by Gasteiger charge is -2.54. The number of nitrogens with one attached hydrogen (secondary N) is 1. The summed E-state index contributed by atoms with van der Waals surface area (Å²) < 4.78 is 23.4. The van der Waals surface area contributed by atoms with Crippen LogP contribution >= 0.6 is 11.3 Å². The normalized spacial score (nSPS) is 18.6. The van der Waals surface area contributed by atoms with Gasteiger partial charge in [0.25, 0.3) is 11.8 Å². The van der Waals surface area contributed by atoms with Crippen LogP contribution in [-0.2, 0) is 29.0 Å². The molecule has 1 spiro atoms. The van der Waals surface area contributed by atoms with Gasteiger partial charge in [0.15, 0.2) is 11.2 Å². The Morgan fingerprint density at radius 3 is 2.50 bits per heavy atom. The van der Waals surface area contributed by atoms with Crippen LogP contribution in [0.25, 0.3) is 11.1 Å². The highest BCUT2D eigenvalue weighted by atomic mass is 32.1. The van der Waals surface area contributed by atoms with Gasteiger partial charge in [-0.15, -0.1) is 11.3 Å². The molecule has 8 rings (SSSR count). The van der Waals surface area contributed by atoms with Crippen LogP contribution < -0.4 is 10.2 Å². The number of carbonyl (C=O) groups excluding carboxylic acids is 3. The number of carbonyl (C=O) groups is 3. The third-order valence-electron chi connectivity index (χ3n) is 10.4. The van der Waals surface area contributed by atoms with Crippen LogP contribution in [0, 0.1) is 11.2 Å². The highest BCUT2D eigenvalue weighted by Crippen LogP contribution is 2.43. The molecule has 4 aromatic rings. The number of aromatic nitrogens is 3. The molecular formula is C37H40FN7O4S. The van der Waals surface area contributed by atoms with Gasteiger partial charge in [0.2, 0.25) is 0 Å². The quantitative estimate of drug-likeness (QED) is 0.253. The number of amides is 3. The van der Waals surface area contributed by atoms with E-state index in [1.807, 2.05) is 49.6 Å². The number of hydrogen-bond acceptors (Lipinski definition) is 8. The second-order valence-electron chi connectivity index (χ2n) is 14.9. The summed E-state index contributed by atoms with van der Waals surface area (Å²) in [5.74, 6) is -1.30. The van der Waals surface area contributed by atoms with Crippen molar-refractivity contribution in [1.29, 1.82) is 0 Å². The Kier molecular flexibility index (Phi) is 7.92. The lowest BCUT2D eigenvalue weighted by molar-refractivity contribution is -0.121. The van der Waals surface area contributed by atoms with E-state index in [-0.39, 0.29) is 29.2 Å². The molecule has 2 aromatic carbocycles. The third kappa shape index (κ3) is 5.91. The summed E-state index contributed by atoms with van der Waals surface area (Å²) >= 11 is 1.29. The zero-order valence-corrected chi connectivity index (χ0v) is 29.3. The molecule has 1 unspecified atom stereocenters. The van der Waals surface area contributed by atoms with Crippen molar-refractivity contribution in [2.45, 2.75) is 71.2 Å². The molecule has 4 aliphatic heterocycles. The van der Waals surface area contributed by atoms with Gasteiger partial charge in [-0.3, -0.25) is 14.9 Å². The third-order valence-corrected chi connectivity index (χ3v) is 11.1. The maximum atomic E-state index is 15.8. The second-order valence-corrected chi connectivity index (χ2v) is 15.8. The van der Waals surface area contributed by atoms with Gasteiger partial charge in [-0.1, -0.05) is 12.1 Å².